The fraction of sp³-hybridized carbons (Fsp3) is 0.909. The zero-order chi connectivity index (χ0) is 13.1. The average Bonchev–Trinajstić information content (AvgIpc) is 2.68. The first kappa shape index (κ1) is 13.8. The first-order chi connectivity index (χ1) is 7.79. The Hall–Kier alpha value is -1.26. The van der Waals surface area contributed by atoms with Crippen molar-refractivity contribution in [2.45, 2.75) is 57.7 Å². The van der Waals surface area contributed by atoms with Crippen LogP contribution < -0.4 is 5.73 Å². The van der Waals surface area contributed by atoms with Gasteiger partial charge in [-0.15, -0.1) is 0 Å². The molecule has 0 heterocycles. The molecule has 0 spiro atoms. The number of rotatable bonds is 3. The van der Waals surface area contributed by atoms with Crippen molar-refractivity contribution < 1.29 is 9.53 Å². The number of carbonyl (C=O) groups excluding carboxylic acids is 1. The van der Waals surface area contributed by atoms with Crippen molar-refractivity contribution in [1.82, 2.24) is 0 Å². The summed E-state index contributed by atoms with van der Waals surface area (Å²) in [6.45, 7) is 5.28. The van der Waals surface area contributed by atoms with E-state index in [4.69, 9.17) is 16.0 Å². The molecule has 1 fully saturated rings. The highest BCUT2D eigenvalue weighted by Gasteiger charge is 2.45. The summed E-state index contributed by atoms with van der Waals surface area (Å²) in [6, 6.07) is 0. The Balaban J connectivity index is 2.90. The number of hydrogen-bond acceptors (Lipinski definition) is 4. The summed E-state index contributed by atoms with van der Waals surface area (Å²) in [6.07, 6.45) is 3.62. The fourth-order valence-electron chi connectivity index (χ4n) is 2.09. The first-order valence-corrected chi connectivity index (χ1v) is 5.88. The van der Waals surface area contributed by atoms with Crippen molar-refractivity contribution in [2.75, 3.05) is 0 Å². The molecular weight excluding hydrogens is 220 g/mol. The molecule has 17 heavy (non-hydrogen) atoms. The van der Waals surface area contributed by atoms with Gasteiger partial charge in [0.25, 0.3) is 0 Å². The Morgan fingerprint density at radius 2 is 1.94 bits per heavy atom. The van der Waals surface area contributed by atoms with E-state index in [0.717, 1.165) is 25.7 Å². The molecule has 0 radical (unpaired) electrons. The highest BCUT2D eigenvalue weighted by atomic mass is 16.6. The lowest BCUT2D eigenvalue weighted by molar-refractivity contribution is -0.163. The molecular formula is C11H20N4O2. The molecule has 0 saturated heterocycles. The zero-order valence-electron chi connectivity index (χ0n) is 10.6. The Labute approximate surface area is 101 Å². The van der Waals surface area contributed by atoms with Crippen molar-refractivity contribution in [3.8, 4) is 0 Å². The third kappa shape index (κ3) is 3.35. The number of hydrogen-bond donors (Lipinski definition) is 1. The molecule has 6 nitrogen and oxygen atoms in total. The van der Waals surface area contributed by atoms with Gasteiger partial charge in [-0.05, 0) is 45.1 Å². The van der Waals surface area contributed by atoms with Crippen LogP contribution in [0.5, 0.6) is 0 Å². The van der Waals surface area contributed by atoms with E-state index < -0.39 is 17.2 Å². The molecule has 6 heteroatoms. The molecule has 0 aromatic rings. The van der Waals surface area contributed by atoms with Crippen LogP contribution in [0.4, 0.5) is 0 Å². The maximum Gasteiger partial charge on any atom is 0.333 e. The van der Waals surface area contributed by atoms with Crippen molar-refractivity contribution in [2.24, 2.45) is 16.8 Å². The van der Waals surface area contributed by atoms with Crippen LogP contribution in [-0.4, -0.2) is 17.2 Å². The number of carbonyl (C=O) groups is 1. The van der Waals surface area contributed by atoms with Gasteiger partial charge in [0, 0.05) is 4.91 Å². The number of nitrogens with zero attached hydrogens (tertiary/aromatic N) is 3. The monoisotopic (exact) mass is 240 g/mol. The zero-order valence-corrected chi connectivity index (χ0v) is 10.6. The van der Waals surface area contributed by atoms with Crippen molar-refractivity contribution in [3.05, 3.63) is 10.4 Å². The average molecular weight is 240 g/mol. The minimum Gasteiger partial charge on any atom is -0.458 e. The van der Waals surface area contributed by atoms with E-state index in [9.17, 15) is 4.79 Å². The van der Waals surface area contributed by atoms with Gasteiger partial charge < -0.3 is 10.5 Å². The summed E-state index contributed by atoms with van der Waals surface area (Å²) in [5.74, 6) is -0.747. The van der Waals surface area contributed by atoms with Gasteiger partial charge in [-0.1, -0.05) is 18.0 Å². The molecule has 1 unspecified atom stereocenters. The molecule has 96 valence electrons. The molecule has 0 amide bonds. The maximum atomic E-state index is 12.0. The standard InChI is InChI=1S/C11H20N4O2/c1-10(2,3)17-9(16)11(12,14-15-13)8-6-4-5-7-8/h8H,4-7,12H2,1-3H3. The second-order valence-corrected chi connectivity index (χ2v) is 5.50. The molecule has 0 aromatic carbocycles. The Bertz CT molecular complexity index is 338. The SMILES string of the molecule is CC(C)(C)OC(=O)C(N)(N=[N+]=[N-])C1CCCC1. The minimum atomic E-state index is -1.56. The Morgan fingerprint density at radius 1 is 1.41 bits per heavy atom. The summed E-state index contributed by atoms with van der Waals surface area (Å²) in [4.78, 5) is 14.7. The van der Waals surface area contributed by atoms with Gasteiger partial charge in [0.15, 0.2) is 5.66 Å². The lowest BCUT2D eigenvalue weighted by atomic mass is 9.92. The quantitative estimate of drug-likeness (QED) is 0.355. The lowest BCUT2D eigenvalue weighted by Gasteiger charge is -2.31. The second kappa shape index (κ2) is 4.94. The van der Waals surface area contributed by atoms with E-state index >= 15 is 0 Å². The second-order valence-electron chi connectivity index (χ2n) is 5.50. The number of esters is 1. The first-order valence-electron chi connectivity index (χ1n) is 5.88. The summed E-state index contributed by atoms with van der Waals surface area (Å²) in [5, 5.41) is 3.51. The van der Waals surface area contributed by atoms with Crippen LogP contribution in [-0.2, 0) is 9.53 Å². The molecule has 0 bridgehead atoms. The molecule has 1 aliphatic rings. The van der Waals surface area contributed by atoms with Crippen LogP contribution in [0, 0.1) is 5.92 Å². The predicted molar refractivity (Wildman–Crippen MR) is 63.9 cm³/mol. The molecule has 1 atom stereocenters. The van der Waals surface area contributed by atoms with Crippen LogP contribution >= 0.6 is 0 Å². The minimum absolute atomic E-state index is 0.117. The highest BCUT2D eigenvalue weighted by Crippen LogP contribution is 2.35. The van der Waals surface area contributed by atoms with Crippen LogP contribution in [0.2, 0.25) is 0 Å². The largest absolute Gasteiger partial charge is 0.458 e. The highest BCUT2D eigenvalue weighted by molar-refractivity contribution is 5.81. The van der Waals surface area contributed by atoms with E-state index in [1.165, 1.54) is 0 Å². The summed E-state index contributed by atoms with van der Waals surface area (Å²) in [7, 11) is 0. The van der Waals surface area contributed by atoms with Gasteiger partial charge in [0.2, 0.25) is 0 Å². The molecule has 1 rings (SSSR count). The molecule has 2 N–H and O–H groups in total. The molecule has 0 aliphatic heterocycles. The van der Waals surface area contributed by atoms with Gasteiger partial charge in [-0.25, -0.2) is 4.79 Å². The van der Waals surface area contributed by atoms with Gasteiger partial charge in [0.1, 0.15) is 5.60 Å². The van der Waals surface area contributed by atoms with Gasteiger partial charge in [-0.2, -0.15) is 0 Å². The van der Waals surface area contributed by atoms with Crippen molar-refractivity contribution in [1.29, 1.82) is 0 Å². The van der Waals surface area contributed by atoms with E-state index in [0.29, 0.717) is 0 Å². The summed E-state index contributed by atoms with van der Waals surface area (Å²) in [5.41, 5.74) is 12.4. The van der Waals surface area contributed by atoms with E-state index in [-0.39, 0.29) is 5.92 Å². The van der Waals surface area contributed by atoms with Crippen LogP contribution in [0.15, 0.2) is 5.11 Å². The predicted octanol–water partition coefficient (Wildman–Crippen LogP) is 2.48. The van der Waals surface area contributed by atoms with E-state index in [1.807, 2.05) is 0 Å². The number of azide groups is 1. The number of nitrogens with two attached hydrogens (primary N) is 1. The topological polar surface area (TPSA) is 101 Å². The number of ether oxygens (including phenoxy) is 1. The fourth-order valence-corrected chi connectivity index (χ4v) is 2.09. The van der Waals surface area contributed by atoms with E-state index in [2.05, 4.69) is 10.0 Å². The van der Waals surface area contributed by atoms with Crippen LogP contribution in [0.3, 0.4) is 0 Å². The smallest absolute Gasteiger partial charge is 0.333 e. The Kier molecular flexibility index (Phi) is 4.01. The molecule has 1 saturated carbocycles. The molecule has 1 aliphatic carbocycles. The Morgan fingerprint density at radius 3 is 2.35 bits per heavy atom. The summed E-state index contributed by atoms with van der Waals surface area (Å²) >= 11 is 0. The normalized spacial score (nSPS) is 20.5. The van der Waals surface area contributed by atoms with Crippen LogP contribution in [0.25, 0.3) is 10.4 Å². The lowest BCUT2D eigenvalue weighted by Crippen LogP contribution is -2.54. The third-order valence-electron chi connectivity index (χ3n) is 2.91. The van der Waals surface area contributed by atoms with Crippen LogP contribution in [0.1, 0.15) is 46.5 Å². The maximum absolute atomic E-state index is 12.0. The van der Waals surface area contributed by atoms with Gasteiger partial charge in [-0.3, -0.25) is 0 Å². The van der Waals surface area contributed by atoms with E-state index in [1.54, 1.807) is 20.8 Å². The molecule has 0 aromatic heterocycles. The summed E-state index contributed by atoms with van der Waals surface area (Å²) < 4.78 is 5.24. The van der Waals surface area contributed by atoms with Gasteiger partial charge in [0.05, 0.1) is 0 Å². The van der Waals surface area contributed by atoms with Crippen molar-refractivity contribution >= 4 is 5.97 Å². The van der Waals surface area contributed by atoms with Crippen molar-refractivity contribution in [3.63, 3.8) is 0 Å². The van der Waals surface area contributed by atoms with Gasteiger partial charge >= 0.3 is 5.97 Å². The third-order valence-corrected chi connectivity index (χ3v) is 2.91.